The van der Waals surface area contributed by atoms with Crippen molar-refractivity contribution < 1.29 is 9.84 Å². The molecular formula is C8H13N5O2. The highest BCUT2D eigenvalue weighted by Gasteiger charge is 2.23. The highest BCUT2D eigenvalue weighted by Crippen LogP contribution is 2.26. The number of aromatic amines is 1. The van der Waals surface area contributed by atoms with Crippen molar-refractivity contribution in [3.63, 3.8) is 0 Å². The summed E-state index contributed by atoms with van der Waals surface area (Å²) in [6.07, 6.45) is 0.464. The fraction of sp³-hybridized carbons (Fsp3) is 0.500. The summed E-state index contributed by atoms with van der Waals surface area (Å²) >= 11 is 0. The number of aliphatic imine (C=N–C) groups is 1. The number of imidazole rings is 1. The Morgan fingerprint density at radius 3 is 3.27 bits per heavy atom. The van der Waals surface area contributed by atoms with Crippen molar-refractivity contribution >= 4 is 11.8 Å². The number of aliphatic hydroxyl groups is 1. The third-order valence-electron chi connectivity index (χ3n) is 1.91. The SMILES string of the molecule is CC(O)COC1N=C(N)Nc2nc[nH]c21. The predicted molar refractivity (Wildman–Crippen MR) is 54.2 cm³/mol. The van der Waals surface area contributed by atoms with E-state index in [0.29, 0.717) is 11.5 Å². The van der Waals surface area contributed by atoms with Crippen molar-refractivity contribution in [2.24, 2.45) is 10.7 Å². The molecule has 0 bridgehead atoms. The minimum absolute atomic E-state index is 0.194. The second-order valence-electron chi connectivity index (χ2n) is 3.34. The molecule has 82 valence electrons. The van der Waals surface area contributed by atoms with E-state index in [-0.39, 0.29) is 12.6 Å². The van der Waals surface area contributed by atoms with Gasteiger partial charge in [-0.3, -0.25) is 0 Å². The minimum atomic E-state index is -0.539. The minimum Gasteiger partial charge on any atom is -0.391 e. The van der Waals surface area contributed by atoms with E-state index in [4.69, 9.17) is 15.6 Å². The number of hydrogen-bond acceptors (Lipinski definition) is 6. The summed E-state index contributed by atoms with van der Waals surface area (Å²) in [6.45, 7) is 1.84. The summed E-state index contributed by atoms with van der Waals surface area (Å²) in [5, 5.41) is 11.9. The van der Waals surface area contributed by atoms with E-state index in [0.717, 1.165) is 0 Å². The van der Waals surface area contributed by atoms with Crippen LogP contribution in [-0.4, -0.2) is 33.7 Å². The summed E-state index contributed by atoms with van der Waals surface area (Å²) in [5.74, 6) is 0.864. The summed E-state index contributed by atoms with van der Waals surface area (Å²) in [4.78, 5) is 11.0. The molecule has 0 spiro atoms. The van der Waals surface area contributed by atoms with Crippen molar-refractivity contribution in [3.05, 3.63) is 12.0 Å². The maximum absolute atomic E-state index is 9.10. The molecule has 7 nitrogen and oxygen atoms in total. The highest BCUT2D eigenvalue weighted by molar-refractivity contribution is 5.93. The molecule has 0 aliphatic carbocycles. The standard InChI is InChI=1S/C8H13N5O2/c1-4(14)2-15-7-5-6(11-3-10-5)12-8(9)13-7/h3-4,7,14H,2H2,1H3,(H,10,11)(H3,9,12,13). The van der Waals surface area contributed by atoms with E-state index in [1.165, 1.54) is 6.33 Å². The molecule has 2 heterocycles. The molecule has 2 rings (SSSR count). The normalized spacial score (nSPS) is 21.5. The maximum Gasteiger partial charge on any atom is 0.197 e. The molecular weight excluding hydrogens is 198 g/mol. The smallest absolute Gasteiger partial charge is 0.197 e. The predicted octanol–water partition coefficient (Wildman–Crippen LogP) is -0.454. The molecule has 0 radical (unpaired) electrons. The Kier molecular flexibility index (Phi) is 2.57. The molecule has 1 aliphatic rings. The highest BCUT2D eigenvalue weighted by atomic mass is 16.5. The maximum atomic E-state index is 9.10. The molecule has 1 aliphatic heterocycles. The van der Waals surface area contributed by atoms with Crippen molar-refractivity contribution in [2.45, 2.75) is 19.3 Å². The lowest BCUT2D eigenvalue weighted by Gasteiger charge is -2.20. The summed E-state index contributed by atoms with van der Waals surface area (Å²) in [7, 11) is 0. The van der Waals surface area contributed by atoms with Gasteiger partial charge in [0.2, 0.25) is 0 Å². The molecule has 7 heteroatoms. The van der Waals surface area contributed by atoms with E-state index in [9.17, 15) is 0 Å². The van der Waals surface area contributed by atoms with Gasteiger partial charge in [-0.25, -0.2) is 9.98 Å². The number of aromatic nitrogens is 2. The van der Waals surface area contributed by atoms with Gasteiger partial charge in [-0.05, 0) is 6.92 Å². The van der Waals surface area contributed by atoms with Gasteiger partial charge in [0.15, 0.2) is 18.0 Å². The monoisotopic (exact) mass is 211 g/mol. The fourth-order valence-electron chi connectivity index (χ4n) is 1.29. The Labute approximate surface area is 86.4 Å². The van der Waals surface area contributed by atoms with Crippen LogP contribution in [0.3, 0.4) is 0 Å². The number of fused-ring (bicyclic) bond motifs is 1. The summed E-state index contributed by atoms with van der Waals surface area (Å²) in [5.41, 5.74) is 6.26. The number of nitrogens with zero attached hydrogens (tertiary/aromatic N) is 2. The van der Waals surface area contributed by atoms with E-state index in [1.807, 2.05) is 0 Å². The van der Waals surface area contributed by atoms with Crippen molar-refractivity contribution in [3.8, 4) is 0 Å². The lowest BCUT2D eigenvalue weighted by Crippen LogP contribution is -2.29. The third-order valence-corrected chi connectivity index (χ3v) is 1.91. The number of aliphatic hydroxyl groups excluding tert-OH is 1. The van der Waals surface area contributed by atoms with Gasteiger partial charge in [0, 0.05) is 0 Å². The van der Waals surface area contributed by atoms with Gasteiger partial charge in [-0.2, -0.15) is 0 Å². The molecule has 0 saturated carbocycles. The van der Waals surface area contributed by atoms with Crippen LogP contribution in [0.15, 0.2) is 11.3 Å². The first kappa shape index (κ1) is 9.94. The van der Waals surface area contributed by atoms with Crippen LogP contribution in [0.4, 0.5) is 5.82 Å². The van der Waals surface area contributed by atoms with Crippen LogP contribution >= 0.6 is 0 Å². The van der Waals surface area contributed by atoms with Gasteiger partial charge in [0.05, 0.1) is 19.0 Å². The molecule has 0 fully saturated rings. The summed E-state index contributed by atoms with van der Waals surface area (Å²) < 4.78 is 5.37. The molecule has 0 saturated heterocycles. The number of rotatable bonds is 3. The van der Waals surface area contributed by atoms with Crippen LogP contribution in [0.5, 0.6) is 0 Å². The molecule has 2 atom stereocenters. The molecule has 0 amide bonds. The van der Waals surface area contributed by atoms with Gasteiger partial charge in [-0.1, -0.05) is 0 Å². The first-order valence-electron chi connectivity index (χ1n) is 4.60. The number of ether oxygens (including phenoxy) is 1. The van der Waals surface area contributed by atoms with Gasteiger partial charge in [-0.15, -0.1) is 0 Å². The Morgan fingerprint density at radius 1 is 1.73 bits per heavy atom. The first-order valence-corrected chi connectivity index (χ1v) is 4.60. The number of anilines is 1. The van der Waals surface area contributed by atoms with Crippen molar-refractivity contribution in [1.29, 1.82) is 0 Å². The van der Waals surface area contributed by atoms with Crippen molar-refractivity contribution in [1.82, 2.24) is 9.97 Å². The first-order chi connectivity index (χ1) is 7.16. The van der Waals surface area contributed by atoms with Crippen LogP contribution in [0, 0.1) is 0 Å². The lowest BCUT2D eigenvalue weighted by atomic mass is 10.3. The second-order valence-corrected chi connectivity index (χ2v) is 3.34. The Bertz CT molecular complexity index is 373. The zero-order chi connectivity index (χ0) is 10.8. The van der Waals surface area contributed by atoms with Gasteiger partial charge < -0.3 is 25.9 Å². The van der Waals surface area contributed by atoms with E-state index < -0.39 is 12.3 Å². The van der Waals surface area contributed by atoms with Crippen LogP contribution in [0.1, 0.15) is 18.8 Å². The van der Waals surface area contributed by atoms with Crippen LogP contribution in [0.2, 0.25) is 0 Å². The number of H-pyrrole nitrogens is 1. The fourth-order valence-corrected chi connectivity index (χ4v) is 1.29. The second kappa shape index (κ2) is 3.87. The van der Waals surface area contributed by atoms with E-state index >= 15 is 0 Å². The molecule has 15 heavy (non-hydrogen) atoms. The van der Waals surface area contributed by atoms with Crippen LogP contribution in [-0.2, 0) is 4.74 Å². The largest absolute Gasteiger partial charge is 0.391 e. The lowest BCUT2D eigenvalue weighted by molar-refractivity contribution is -0.00162. The Hall–Kier alpha value is -1.60. The van der Waals surface area contributed by atoms with Gasteiger partial charge >= 0.3 is 0 Å². The third kappa shape index (κ3) is 2.08. The average molecular weight is 211 g/mol. The quantitative estimate of drug-likeness (QED) is 0.541. The topological polar surface area (TPSA) is 109 Å². The molecule has 1 aromatic heterocycles. The van der Waals surface area contributed by atoms with E-state index in [1.54, 1.807) is 6.92 Å². The molecule has 1 aromatic rings. The van der Waals surface area contributed by atoms with Crippen LogP contribution in [0.25, 0.3) is 0 Å². The number of nitrogens with two attached hydrogens (primary N) is 1. The summed E-state index contributed by atoms with van der Waals surface area (Å²) in [6, 6.07) is 0. The van der Waals surface area contributed by atoms with Crippen molar-refractivity contribution in [2.75, 3.05) is 11.9 Å². The Balaban J connectivity index is 2.12. The zero-order valence-corrected chi connectivity index (χ0v) is 8.27. The van der Waals surface area contributed by atoms with Crippen LogP contribution < -0.4 is 11.1 Å². The number of hydrogen-bond donors (Lipinski definition) is 4. The molecule has 0 aromatic carbocycles. The van der Waals surface area contributed by atoms with Gasteiger partial charge in [0.1, 0.15) is 5.69 Å². The van der Waals surface area contributed by atoms with Gasteiger partial charge in [0.25, 0.3) is 0 Å². The number of nitrogens with one attached hydrogen (secondary N) is 2. The average Bonchev–Trinajstić information content (AvgIpc) is 2.61. The zero-order valence-electron chi connectivity index (χ0n) is 8.27. The Morgan fingerprint density at radius 2 is 2.53 bits per heavy atom. The van der Waals surface area contributed by atoms with E-state index in [2.05, 4.69) is 20.3 Å². The number of guanidine groups is 1. The molecule has 5 N–H and O–H groups in total. The molecule has 2 unspecified atom stereocenters.